The van der Waals surface area contributed by atoms with Crippen molar-refractivity contribution in [1.29, 1.82) is 0 Å². The highest BCUT2D eigenvalue weighted by atomic mass is 35.5. The quantitative estimate of drug-likeness (QED) is 0.221. The van der Waals surface area contributed by atoms with E-state index in [0.717, 1.165) is 60.5 Å². The van der Waals surface area contributed by atoms with E-state index in [2.05, 4.69) is 35.2 Å². The average molecular weight is 747 g/mol. The van der Waals surface area contributed by atoms with Crippen molar-refractivity contribution in [3.05, 3.63) is 78.0 Å². The molecule has 0 radical (unpaired) electrons. The summed E-state index contributed by atoms with van der Waals surface area (Å²) in [5.41, 5.74) is 4.28. The van der Waals surface area contributed by atoms with Gasteiger partial charge in [-0.2, -0.15) is 39.5 Å². The number of nitrogens with zero attached hydrogens (tertiary/aromatic N) is 6. The lowest BCUT2D eigenvalue weighted by atomic mass is 10.2. The summed E-state index contributed by atoms with van der Waals surface area (Å²) in [7, 11) is 0. The van der Waals surface area contributed by atoms with Gasteiger partial charge in [-0.25, -0.2) is 24.4 Å². The maximum atomic E-state index is 10.6. The van der Waals surface area contributed by atoms with E-state index in [-0.39, 0.29) is 0 Å². The molecule has 1 aliphatic rings. The molecule has 22 heteroatoms. The summed E-state index contributed by atoms with van der Waals surface area (Å²) in [5.74, 6) is -7.33. The molecule has 0 saturated carbocycles. The van der Waals surface area contributed by atoms with Gasteiger partial charge in [0.25, 0.3) is 0 Å². The SMILES string of the molecule is Clc1cccc(CN2CCN(c3nccn4c(-c5ccncc5)cnc34)CC2)c1.O=C(O)C(F)(F)F.O=C(O)C(F)(F)F.O=C(O)C(F)(F)F. The Labute approximate surface area is 280 Å². The number of carboxylic acids is 3. The lowest BCUT2D eigenvalue weighted by molar-refractivity contribution is -0.193. The van der Waals surface area contributed by atoms with Gasteiger partial charge in [0.2, 0.25) is 0 Å². The molecule has 3 aromatic heterocycles. The highest BCUT2D eigenvalue weighted by Gasteiger charge is 2.39. The van der Waals surface area contributed by atoms with Crippen LogP contribution in [0.2, 0.25) is 5.02 Å². The third-order valence-corrected chi connectivity index (χ3v) is 6.32. The molecule has 0 aliphatic carbocycles. The molecule has 0 amide bonds. The van der Waals surface area contributed by atoms with E-state index in [1.54, 1.807) is 12.4 Å². The Bertz CT molecular complexity index is 1670. The second-order valence-electron chi connectivity index (χ2n) is 9.63. The van der Waals surface area contributed by atoms with Crippen molar-refractivity contribution in [3.8, 4) is 11.3 Å². The number of piperazine rings is 1. The Hall–Kier alpha value is -5.18. The second-order valence-corrected chi connectivity index (χ2v) is 10.1. The van der Waals surface area contributed by atoms with Crippen molar-refractivity contribution < 1.29 is 69.2 Å². The molecule has 0 bridgehead atoms. The van der Waals surface area contributed by atoms with Gasteiger partial charge in [0.1, 0.15) is 0 Å². The van der Waals surface area contributed by atoms with Crippen molar-refractivity contribution in [1.82, 2.24) is 24.3 Å². The largest absolute Gasteiger partial charge is 0.490 e. The van der Waals surface area contributed by atoms with E-state index in [0.29, 0.717) is 0 Å². The first-order valence-electron chi connectivity index (χ1n) is 13.5. The van der Waals surface area contributed by atoms with Gasteiger partial charge in [-0.05, 0) is 29.8 Å². The van der Waals surface area contributed by atoms with Crippen molar-refractivity contribution in [2.45, 2.75) is 25.1 Å². The number of rotatable bonds is 4. The maximum absolute atomic E-state index is 10.6. The first kappa shape index (κ1) is 41.0. The molecular formula is C28H24ClF9N6O6. The van der Waals surface area contributed by atoms with Crippen LogP contribution in [-0.2, 0) is 20.9 Å². The number of halogens is 10. The molecule has 1 fully saturated rings. The number of anilines is 1. The van der Waals surface area contributed by atoms with Crippen LogP contribution >= 0.6 is 11.6 Å². The third kappa shape index (κ3) is 13.0. The maximum Gasteiger partial charge on any atom is 0.490 e. The Balaban J connectivity index is 0.000000338. The summed E-state index contributed by atoms with van der Waals surface area (Å²) < 4.78 is 97.3. The fraction of sp³-hybridized carbons (Fsp3) is 0.286. The Kier molecular flexibility index (Phi) is 14.3. The molecule has 1 saturated heterocycles. The number of carbonyl (C=O) groups is 3. The highest BCUT2D eigenvalue weighted by molar-refractivity contribution is 6.30. The summed E-state index contributed by atoms with van der Waals surface area (Å²) in [5, 5.41) is 22.2. The van der Waals surface area contributed by atoms with Gasteiger partial charge in [0.05, 0.1) is 11.9 Å². The molecule has 0 atom stereocenters. The number of fused-ring (bicyclic) bond motifs is 1. The number of carboxylic acid groups (broad SMARTS) is 3. The number of alkyl halides is 9. The molecule has 272 valence electrons. The van der Waals surface area contributed by atoms with Crippen LogP contribution in [0.25, 0.3) is 16.9 Å². The van der Waals surface area contributed by atoms with Crippen molar-refractivity contribution in [3.63, 3.8) is 0 Å². The average Bonchev–Trinajstić information content (AvgIpc) is 3.46. The zero-order valence-corrected chi connectivity index (χ0v) is 25.7. The van der Waals surface area contributed by atoms with E-state index < -0.39 is 36.4 Å². The number of imidazole rings is 1. The number of aromatic nitrogens is 4. The summed E-state index contributed by atoms with van der Waals surface area (Å²) in [4.78, 5) is 44.9. The molecule has 5 rings (SSSR count). The standard InChI is InChI=1S/C22H21ClN6.3C2HF3O2/c23-19-3-1-2-17(14-19)16-27-10-12-28(13-11-27)21-22-26-15-20(29(22)9-8-25-21)18-4-6-24-7-5-18;3*3-2(4,5)1(6)7/h1-9,14-15H,10-13,16H2;3*(H,6,7). The lowest BCUT2D eigenvalue weighted by Crippen LogP contribution is -2.46. The summed E-state index contributed by atoms with van der Waals surface area (Å²) >= 11 is 6.12. The first-order chi connectivity index (χ1) is 23.1. The van der Waals surface area contributed by atoms with Crippen LogP contribution in [-0.4, -0.2) is 102 Å². The monoisotopic (exact) mass is 746 g/mol. The van der Waals surface area contributed by atoms with Crippen molar-refractivity contribution >= 4 is 41.0 Å². The predicted molar refractivity (Wildman–Crippen MR) is 156 cm³/mol. The van der Waals surface area contributed by atoms with Crippen LogP contribution in [0.15, 0.2) is 67.4 Å². The van der Waals surface area contributed by atoms with Gasteiger partial charge >= 0.3 is 36.4 Å². The van der Waals surface area contributed by atoms with Crippen LogP contribution in [0, 0.1) is 0 Å². The zero-order valence-electron chi connectivity index (χ0n) is 24.9. The molecule has 3 N–H and O–H groups in total. The van der Waals surface area contributed by atoms with Crippen LogP contribution in [0.3, 0.4) is 0 Å². The van der Waals surface area contributed by atoms with E-state index >= 15 is 0 Å². The fourth-order valence-corrected chi connectivity index (χ4v) is 4.09. The van der Waals surface area contributed by atoms with Crippen molar-refractivity contribution in [2.24, 2.45) is 0 Å². The Morgan fingerprint density at radius 1 is 0.740 bits per heavy atom. The summed E-state index contributed by atoms with van der Waals surface area (Å²) in [6, 6.07) is 12.1. The second kappa shape index (κ2) is 17.5. The van der Waals surface area contributed by atoms with Gasteiger partial charge in [-0.1, -0.05) is 23.7 Å². The zero-order chi connectivity index (χ0) is 37.9. The molecule has 4 heterocycles. The summed E-state index contributed by atoms with van der Waals surface area (Å²) in [6.07, 6.45) is -5.92. The van der Waals surface area contributed by atoms with E-state index in [4.69, 9.17) is 41.3 Å². The molecule has 50 heavy (non-hydrogen) atoms. The van der Waals surface area contributed by atoms with Crippen molar-refractivity contribution in [2.75, 3.05) is 31.1 Å². The third-order valence-electron chi connectivity index (χ3n) is 6.08. The first-order valence-corrected chi connectivity index (χ1v) is 13.8. The topological polar surface area (TPSA) is 161 Å². The number of benzene rings is 1. The number of pyridine rings is 1. The van der Waals surface area contributed by atoms with Crippen LogP contribution < -0.4 is 4.90 Å². The van der Waals surface area contributed by atoms with Gasteiger partial charge in [0, 0.05) is 68.1 Å². The molecule has 0 spiro atoms. The number of hydrogen-bond donors (Lipinski definition) is 3. The molecule has 0 unspecified atom stereocenters. The van der Waals surface area contributed by atoms with Gasteiger partial charge in [-0.15, -0.1) is 0 Å². The van der Waals surface area contributed by atoms with Crippen LogP contribution in [0.4, 0.5) is 45.3 Å². The molecular weight excluding hydrogens is 723 g/mol. The predicted octanol–water partition coefficient (Wildman–Crippen LogP) is 5.67. The minimum Gasteiger partial charge on any atom is -0.475 e. The van der Waals surface area contributed by atoms with E-state index in [1.165, 1.54) is 5.56 Å². The summed E-state index contributed by atoms with van der Waals surface area (Å²) in [6.45, 7) is 4.72. The highest BCUT2D eigenvalue weighted by Crippen LogP contribution is 2.26. The van der Waals surface area contributed by atoms with Crippen LogP contribution in [0.5, 0.6) is 0 Å². The van der Waals surface area contributed by atoms with Gasteiger partial charge in [-0.3, -0.25) is 14.3 Å². The number of aliphatic carboxylic acids is 3. The van der Waals surface area contributed by atoms with Crippen LogP contribution in [0.1, 0.15) is 5.56 Å². The van der Waals surface area contributed by atoms with E-state index in [9.17, 15) is 39.5 Å². The Morgan fingerprint density at radius 3 is 1.70 bits per heavy atom. The van der Waals surface area contributed by atoms with Gasteiger partial charge < -0.3 is 20.2 Å². The molecule has 1 aliphatic heterocycles. The van der Waals surface area contributed by atoms with E-state index in [1.807, 2.05) is 48.9 Å². The molecule has 1 aromatic carbocycles. The number of hydrogen-bond acceptors (Lipinski definition) is 8. The minimum absolute atomic E-state index is 0.793. The smallest absolute Gasteiger partial charge is 0.475 e. The van der Waals surface area contributed by atoms with Gasteiger partial charge in [0.15, 0.2) is 11.5 Å². The minimum atomic E-state index is -5.08. The molecule has 12 nitrogen and oxygen atoms in total. The Morgan fingerprint density at radius 2 is 1.24 bits per heavy atom. The normalized spacial score (nSPS) is 13.5. The lowest BCUT2D eigenvalue weighted by Gasteiger charge is -2.35. The fourth-order valence-electron chi connectivity index (χ4n) is 3.88. The molecule has 4 aromatic rings.